The maximum atomic E-state index is 12.0. The van der Waals surface area contributed by atoms with Gasteiger partial charge < -0.3 is 14.1 Å². The van der Waals surface area contributed by atoms with E-state index in [1.807, 2.05) is 13.8 Å². The first kappa shape index (κ1) is 10.2. The van der Waals surface area contributed by atoms with Gasteiger partial charge in [-0.2, -0.15) is 0 Å². The molecule has 2 atom stereocenters. The molecular weight excluding hydrogens is 194 g/mol. The van der Waals surface area contributed by atoms with E-state index < -0.39 is 0 Å². The van der Waals surface area contributed by atoms with Crippen LogP contribution in [0.4, 0.5) is 0 Å². The monoisotopic (exact) mass is 209 g/mol. The fourth-order valence-electron chi connectivity index (χ4n) is 1.73. The second-order valence-corrected chi connectivity index (χ2v) is 3.93. The van der Waals surface area contributed by atoms with Crippen LogP contribution in [-0.4, -0.2) is 36.1 Å². The Morgan fingerprint density at radius 3 is 3.00 bits per heavy atom. The lowest BCUT2D eigenvalue weighted by Gasteiger charge is -2.36. The topological polar surface area (TPSA) is 42.7 Å². The lowest BCUT2D eigenvalue weighted by atomic mass is 10.2. The molecule has 0 radical (unpaired) electrons. The average molecular weight is 209 g/mol. The van der Waals surface area contributed by atoms with Crippen LogP contribution in [-0.2, 0) is 4.74 Å². The maximum absolute atomic E-state index is 12.0. The van der Waals surface area contributed by atoms with Gasteiger partial charge in [-0.3, -0.25) is 4.79 Å². The van der Waals surface area contributed by atoms with Gasteiger partial charge in [0.05, 0.1) is 25.0 Å². The molecule has 1 saturated heterocycles. The van der Waals surface area contributed by atoms with Gasteiger partial charge in [0.2, 0.25) is 0 Å². The van der Waals surface area contributed by atoms with Crippen molar-refractivity contribution >= 4 is 5.91 Å². The molecule has 2 heterocycles. The Kier molecular flexibility index (Phi) is 2.77. The lowest BCUT2D eigenvalue weighted by Crippen LogP contribution is -2.50. The number of furan rings is 1. The van der Waals surface area contributed by atoms with Crippen molar-refractivity contribution in [3.63, 3.8) is 0 Å². The zero-order chi connectivity index (χ0) is 10.8. The van der Waals surface area contributed by atoms with Crippen molar-refractivity contribution in [1.29, 1.82) is 0 Å². The number of carbonyl (C=O) groups excluding carboxylic acids is 1. The van der Waals surface area contributed by atoms with E-state index in [9.17, 15) is 4.79 Å². The van der Waals surface area contributed by atoms with Gasteiger partial charge in [-0.05, 0) is 26.0 Å². The first-order valence-corrected chi connectivity index (χ1v) is 5.14. The van der Waals surface area contributed by atoms with Crippen LogP contribution in [0, 0.1) is 0 Å². The van der Waals surface area contributed by atoms with Gasteiger partial charge in [-0.1, -0.05) is 0 Å². The highest BCUT2D eigenvalue weighted by atomic mass is 16.5. The van der Waals surface area contributed by atoms with Crippen LogP contribution >= 0.6 is 0 Å². The molecule has 82 valence electrons. The molecular formula is C11H15NO3. The third-order valence-electron chi connectivity index (χ3n) is 2.60. The van der Waals surface area contributed by atoms with Crippen LogP contribution in [0.25, 0.3) is 0 Å². The van der Waals surface area contributed by atoms with E-state index in [4.69, 9.17) is 9.15 Å². The van der Waals surface area contributed by atoms with Gasteiger partial charge in [-0.25, -0.2) is 0 Å². The first-order chi connectivity index (χ1) is 7.18. The average Bonchev–Trinajstić information content (AvgIpc) is 2.74. The van der Waals surface area contributed by atoms with Gasteiger partial charge in [0.25, 0.3) is 5.91 Å². The smallest absolute Gasteiger partial charge is 0.289 e. The molecule has 0 N–H and O–H groups in total. The largest absolute Gasteiger partial charge is 0.459 e. The van der Waals surface area contributed by atoms with Crippen LogP contribution in [0.15, 0.2) is 22.8 Å². The van der Waals surface area contributed by atoms with Crippen LogP contribution in [0.2, 0.25) is 0 Å². The van der Waals surface area contributed by atoms with Crippen molar-refractivity contribution in [1.82, 2.24) is 4.90 Å². The number of rotatable bonds is 1. The summed E-state index contributed by atoms with van der Waals surface area (Å²) in [7, 11) is 0. The number of morpholine rings is 1. The van der Waals surface area contributed by atoms with Crippen LogP contribution in [0.3, 0.4) is 0 Å². The fraction of sp³-hybridized carbons (Fsp3) is 0.545. The number of hydrogen-bond acceptors (Lipinski definition) is 3. The first-order valence-electron chi connectivity index (χ1n) is 5.14. The Labute approximate surface area is 88.8 Å². The van der Waals surface area contributed by atoms with Crippen molar-refractivity contribution in [3.05, 3.63) is 24.2 Å². The molecule has 2 rings (SSSR count). The number of hydrogen-bond donors (Lipinski definition) is 0. The van der Waals surface area contributed by atoms with Crippen molar-refractivity contribution in [2.45, 2.75) is 26.0 Å². The predicted octanol–water partition coefficient (Wildman–Crippen LogP) is 1.53. The summed E-state index contributed by atoms with van der Waals surface area (Å²) in [5, 5.41) is 0. The highest BCUT2D eigenvalue weighted by Gasteiger charge is 2.29. The molecule has 1 aliphatic heterocycles. The second-order valence-electron chi connectivity index (χ2n) is 3.93. The Morgan fingerprint density at radius 2 is 2.33 bits per heavy atom. The summed E-state index contributed by atoms with van der Waals surface area (Å²) >= 11 is 0. The fourth-order valence-corrected chi connectivity index (χ4v) is 1.73. The predicted molar refractivity (Wildman–Crippen MR) is 54.6 cm³/mol. The van der Waals surface area contributed by atoms with Crippen molar-refractivity contribution in [2.24, 2.45) is 0 Å². The SMILES string of the molecule is C[C@@H]1CN(C(=O)c2ccco2)[C@H](C)CO1. The van der Waals surface area contributed by atoms with Crippen LogP contribution in [0.5, 0.6) is 0 Å². The molecule has 15 heavy (non-hydrogen) atoms. The summed E-state index contributed by atoms with van der Waals surface area (Å²) in [5.74, 6) is 0.346. The molecule has 1 aromatic rings. The van der Waals surface area contributed by atoms with E-state index in [1.54, 1.807) is 17.0 Å². The zero-order valence-corrected chi connectivity index (χ0v) is 8.97. The minimum absolute atomic E-state index is 0.0531. The number of nitrogens with zero attached hydrogens (tertiary/aromatic N) is 1. The van der Waals surface area contributed by atoms with E-state index in [1.165, 1.54) is 6.26 Å². The van der Waals surface area contributed by atoms with Crippen LogP contribution < -0.4 is 0 Å². The van der Waals surface area contributed by atoms with Gasteiger partial charge >= 0.3 is 0 Å². The molecule has 4 heteroatoms. The van der Waals surface area contributed by atoms with Crippen molar-refractivity contribution < 1.29 is 13.9 Å². The standard InChI is InChI=1S/C11H15NO3/c1-8-7-15-9(2)6-12(8)11(13)10-4-3-5-14-10/h3-5,8-9H,6-7H2,1-2H3/t8-,9-/m1/s1. The van der Waals surface area contributed by atoms with Gasteiger partial charge in [-0.15, -0.1) is 0 Å². The molecule has 0 aliphatic carbocycles. The summed E-state index contributed by atoms with van der Waals surface area (Å²) in [6, 6.07) is 3.52. The van der Waals surface area contributed by atoms with Crippen LogP contribution in [0.1, 0.15) is 24.4 Å². The number of carbonyl (C=O) groups is 1. The minimum Gasteiger partial charge on any atom is -0.459 e. The molecule has 1 aromatic heterocycles. The minimum atomic E-state index is -0.0531. The molecule has 1 fully saturated rings. The summed E-state index contributed by atoms with van der Waals surface area (Å²) in [4.78, 5) is 13.8. The number of ether oxygens (including phenoxy) is 1. The molecule has 1 aliphatic rings. The quantitative estimate of drug-likeness (QED) is 0.704. The second kappa shape index (κ2) is 4.06. The third kappa shape index (κ3) is 2.04. The molecule has 1 amide bonds. The molecule has 0 bridgehead atoms. The molecule has 0 aromatic carbocycles. The zero-order valence-electron chi connectivity index (χ0n) is 8.97. The van der Waals surface area contributed by atoms with E-state index in [0.29, 0.717) is 18.9 Å². The van der Waals surface area contributed by atoms with Gasteiger partial charge in [0.15, 0.2) is 5.76 Å². The summed E-state index contributed by atoms with van der Waals surface area (Å²) in [6.45, 7) is 5.16. The van der Waals surface area contributed by atoms with Crippen molar-refractivity contribution in [2.75, 3.05) is 13.2 Å². The summed E-state index contributed by atoms with van der Waals surface area (Å²) in [5.41, 5.74) is 0. The molecule has 0 unspecified atom stereocenters. The molecule has 0 saturated carbocycles. The van der Waals surface area contributed by atoms with E-state index in [2.05, 4.69) is 0 Å². The van der Waals surface area contributed by atoms with E-state index in [-0.39, 0.29) is 18.1 Å². The number of amides is 1. The summed E-state index contributed by atoms with van der Waals surface area (Å²) in [6.07, 6.45) is 1.61. The Bertz CT molecular complexity index is 334. The van der Waals surface area contributed by atoms with Gasteiger partial charge in [0.1, 0.15) is 0 Å². The third-order valence-corrected chi connectivity index (χ3v) is 2.60. The van der Waals surface area contributed by atoms with Crippen molar-refractivity contribution in [3.8, 4) is 0 Å². The normalized spacial score (nSPS) is 26.7. The molecule has 4 nitrogen and oxygen atoms in total. The van der Waals surface area contributed by atoms with E-state index >= 15 is 0 Å². The van der Waals surface area contributed by atoms with Gasteiger partial charge in [0, 0.05) is 6.54 Å². The van der Waals surface area contributed by atoms with E-state index in [0.717, 1.165) is 0 Å². The maximum Gasteiger partial charge on any atom is 0.289 e. The Balaban J connectivity index is 2.12. The lowest BCUT2D eigenvalue weighted by molar-refractivity contribution is -0.0396. The highest BCUT2D eigenvalue weighted by Crippen LogP contribution is 2.15. The highest BCUT2D eigenvalue weighted by molar-refractivity contribution is 5.91. The summed E-state index contributed by atoms with van der Waals surface area (Å²) < 4.78 is 10.6. The Hall–Kier alpha value is -1.29. The Morgan fingerprint density at radius 1 is 1.53 bits per heavy atom. The molecule has 0 spiro atoms.